The van der Waals surface area contributed by atoms with Crippen molar-refractivity contribution in [1.29, 1.82) is 0 Å². The number of aliphatic hydroxyl groups is 1. The van der Waals surface area contributed by atoms with Gasteiger partial charge in [-0.1, -0.05) is 118 Å². The summed E-state index contributed by atoms with van der Waals surface area (Å²) in [4.78, 5) is 14.4. The number of aliphatic hydroxyl groups excluding tert-OH is 1. The summed E-state index contributed by atoms with van der Waals surface area (Å²) in [5, 5.41) is 32.8. The van der Waals surface area contributed by atoms with E-state index in [0.29, 0.717) is 23.8 Å². The van der Waals surface area contributed by atoms with Crippen LogP contribution in [0, 0.1) is 27.7 Å². The summed E-state index contributed by atoms with van der Waals surface area (Å²) < 4.78 is 5.73. The van der Waals surface area contributed by atoms with Gasteiger partial charge in [0.15, 0.2) is 29.0 Å². The van der Waals surface area contributed by atoms with Gasteiger partial charge < -0.3 is 20.1 Å². The summed E-state index contributed by atoms with van der Waals surface area (Å²) in [5.74, 6) is 0.605. The molecule has 47 heavy (non-hydrogen) atoms. The van der Waals surface area contributed by atoms with Crippen molar-refractivity contribution in [3.63, 3.8) is 0 Å². The number of rotatable bonds is 18. The fourth-order valence-corrected chi connectivity index (χ4v) is 6.06. The number of ether oxygens (including phenoxy) is 1. The second kappa shape index (κ2) is 17.9. The maximum atomic E-state index is 11.2. The number of unbranched alkanes of at least 4 members (excludes halogenated alkanes) is 9. The van der Waals surface area contributed by atoms with Gasteiger partial charge in [-0.25, -0.2) is 15.0 Å². The number of hydrogen-bond acceptors (Lipinski definition) is 7. The van der Waals surface area contributed by atoms with Crippen molar-refractivity contribution >= 4 is 0 Å². The van der Waals surface area contributed by atoms with Gasteiger partial charge in [0, 0.05) is 29.7 Å². The second-order valence-electron chi connectivity index (χ2n) is 13.0. The minimum Gasteiger partial charge on any atom is -0.504 e. The SMILES string of the molecule is CCCCCCCCCCCCOCC(O)Cc1ccc(-c2nc(-c3ccc(C)cc3C)nc(-c3ccc(C)cc3C)n2)c(O)c1O. The molecule has 4 aromatic rings. The van der Waals surface area contributed by atoms with Crippen LogP contribution in [0.4, 0.5) is 0 Å². The van der Waals surface area contributed by atoms with Crippen LogP contribution < -0.4 is 0 Å². The minimum absolute atomic E-state index is 0.149. The molecule has 1 unspecified atom stereocenters. The molecular weight excluding hydrogens is 586 g/mol. The molecule has 1 aromatic heterocycles. The number of aromatic nitrogens is 3. The normalized spacial score (nSPS) is 12.0. The molecule has 0 amide bonds. The molecule has 0 aliphatic carbocycles. The van der Waals surface area contributed by atoms with Gasteiger partial charge >= 0.3 is 0 Å². The van der Waals surface area contributed by atoms with E-state index in [2.05, 4.69) is 19.1 Å². The second-order valence-corrected chi connectivity index (χ2v) is 13.0. The van der Waals surface area contributed by atoms with E-state index in [4.69, 9.17) is 19.7 Å². The number of hydrogen-bond donors (Lipinski definition) is 3. The summed E-state index contributed by atoms with van der Waals surface area (Å²) in [6.45, 7) is 11.2. The van der Waals surface area contributed by atoms with E-state index in [1.54, 1.807) is 12.1 Å². The van der Waals surface area contributed by atoms with E-state index in [9.17, 15) is 15.3 Å². The van der Waals surface area contributed by atoms with Crippen LogP contribution >= 0.6 is 0 Å². The molecule has 7 heteroatoms. The lowest BCUT2D eigenvalue weighted by Crippen LogP contribution is -2.18. The highest BCUT2D eigenvalue weighted by Gasteiger charge is 2.21. The van der Waals surface area contributed by atoms with E-state index < -0.39 is 6.10 Å². The van der Waals surface area contributed by atoms with Gasteiger partial charge in [-0.3, -0.25) is 0 Å². The summed E-state index contributed by atoms with van der Waals surface area (Å²) in [7, 11) is 0. The van der Waals surface area contributed by atoms with Crippen molar-refractivity contribution in [2.24, 2.45) is 0 Å². The topological polar surface area (TPSA) is 109 Å². The van der Waals surface area contributed by atoms with Gasteiger partial charge in [0.25, 0.3) is 0 Å². The quantitative estimate of drug-likeness (QED) is 0.0735. The van der Waals surface area contributed by atoms with Crippen LogP contribution in [0.15, 0.2) is 48.5 Å². The lowest BCUT2D eigenvalue weighted by molar-refractivity contribution is 0.0352. The Labute approximate surface area is 281 Å². The van der Waals surface area contributed by atoms with Gasteiger partial charge in [-0.15, -0.1) is 0 Å². The van der Waals surface area contributed by atoms with Crippen molar-refractivity contribution < 1.29 is 20.1 Å². The van der Waals surface area contributed by atoms with Crippen molar-refractivity contribution in [2.75, 3.05) is 13.2 Å². The van der Waals surface area contributed by atoms with E-state index in [0.717, 1.165) is 46.2 Å². The molecule has 0 radical (unpaired) electrons. The Balaban J connectivity index is 1.42. The smallest absolute Gasteiger partial charge is 0.168 e. The van der Waals surface area contributed by atoms with Crippen LogP contribution in [0.25, 0.3) is 34.2 Å². The number of phenolic OH excluding ortho intramolecular Hbond substituents is 2. The molecule has 0 aliphatic rings. The summed E-state index contributed by atoms with van der Waals surface area (Å²) in [6.07, 6.45) is 11.9. The highest BCUT2D eigenvalue weighted by atomic mass is 16.5. The molecule has 0 fully saturated rings. The van der Waals surface area contributed by atoms with Crippen LogP contribution in [0.5, 0.6) is 11.5 Å². The summed E-state index contributed by atoms with van der Waals surface area (Å²) in [6, 6.07) is 15.6. The van der Waals surface area contributed by atoms with Crippen LogP contribution in [0.2, 0.25) is 0 Å². The first-order valence-corrected chi connectivity index (χ1v) is 17.4. The Bertz CT molecular complexity index is 1530. The average Bonchev–Trinajstić information content (AvgIpc) is 3.03. The van der Waals surface area contributed by atoms with Crippen LogP contribution in [-0.2, 0) is 11.2 Å². The molecule has 3 aromatic carbocycles. The Morgan fingerprint density at radius 3 is 1.57 bits per heavy atom. The lowest BCUT2D eigenvalue weighted by atomic mass is 10.0. The average molecular weight is 640 g/mol. The molecular formula is C40H53N3O4. The largest absolute Gasteiger partial charge is 0.504 e. The van der Waals surface area contributed by atoms with Gasteiger partial charge in [0.05, 0.1) is 18.3 Å². The Morgan fingerprint density at radius 2 is 1.06 bits per heavy atom. The number of aromatic hydroxyl groups is 2. The third kappa shape index (κ3) is 10.3. The fourth-order valence-electron chi connectivity index (χ4n) is 6.06. The molecule has 7 nitrogen and oxygen atoms in total. The summed E-state index contributed by atoms with van der Waals surface area (Å²) >= 11 is 0. The predicted molar refractivity (Wildman–Crippen MR) is 191 cm³/mol. The Hall–Kier alpha value is -3.81. The monoisotopic (exact) mass is 639 g/mol. The molecule has 0 spiro atoms. The van der Waals surface area contributed by atoms with Crippen molar-refractivity contribution in [3.05, 3.63) is 76.3 Å². The lowest BCUT2D eigenvalue weighted by Gasteiger charge is -2.15. The maximum Gasteiger partial charge on any atom is 0.168 e. The van der Waals surface area contributed by atoms with Gasteiger partial charge in [-0.2, -0.15) is 0 Å². The standard InChI is InChI=1S/C40H53N3O4/c1-6-7-8-9-10-11-12-13-14-15-22-47-26-32(44)25-31-18-21-35(37(46)36(31)45)40-42-38(33-19-16-27(2)23-29(33)4)41-39(43-40)34-20-17-28(3)24-30(34)5/h16-21,23-24,32,44-46H,6-15,22,25-26H2,1-5H3. The number of aryl methyl sites for hydroxylation is 4. The maximum absolute atomic E-state index is 11.2. The van der Waals surface area contributed by atoms with Gasteiger partial charge in [0.1, 0.15) is 0 Å². The van der Waals surface area contributed by atoms with E-state index in [1.165, 1.54) is 51.4 Å². The first-order valence-electron chi connectivity index (χ1n) is 17.4. The molecule has 3 N–H and O–H groups in total. The Kier molecular flexibility index (Phi) is 13.7. The van der Waals surface area contributed by atoms with Crippen LogP contribution in [-0.4, -0.2) is 49.6 Å². The summed E-state index contributed by atoms with van der Waals surface area (Å²) in [5.41, 5.74) is 6.79. The molecule has 1 atom stereocenters. The molecule has 252 valence electrons. The Morgan fingerprint density at radius 1 is 0.596 bits per heavy atom. The first kappa shape index (κ1) is 36.0. The molecule has 4 rings (SSSR count). The number of phenols is 2. The first-order chi connectivity index (χ1) is 22.7. The number of benzene rings is 3. The van der Waals surface area contributed by atoms with Gasteiger partial charge in [0.2, 0.25) is 0 Å². The highest BCUT2D eigenvalue weighted by molar-refractivity contribution is 5.74. The third-order valence-electron chi connectivity index (χ3n) is 8.76. The molecule has 0 saturated carbocycles. The molecule has 0 saturated heterocycles. The van der Waals surface area contributed by atoms with Crippen molar-refractivity contribution in [3.8, 4) is 45.7 Å². The zero-order valence-corrected chi connectivity index (χ0v) is 29.0. The third-order valence-corrected chi connectivity index (χ3v) is 8.76. The number of nitrogens with zero attached hydrogens (tertiary/aromatic N) is 3. The van der Waals surface area contributed by atoms with Gasteiger partial charge in [-0.05, 0) is 51.3 Å². The minimum atomic E-state index is -0.807. The van der Waals surface area contributed by atoms with E-state index in [1.807, 2.05) is 52.0 Å². The zero-order valence-electron chi connectivity index (χ0n) is 29.0. The highest BCUT2D eigenvalue weighted by Crippen LogP contribution is 2.39. The molecule has 0 aliphatic heterocycles. The van der Waals surface area contributed by atoms with Crippen LogP contribution in [0.3, 0.4) is 0 Å². The predicted octanol–water partition coefficient (Wildman–Crippen LogP) is 9.36. The molecule has 1 heterocycles. The van der Waals surface area contributed by atoms with E-state index >= 15 is 0 Å². The fraction of sp³-hybridized carbons (Fsp3) is 0.475. The van der Waals surface area contributed by atoms with Crippen molar-refractivity contribution in [2.45, 2.75) is 111 Å². The van der Waals surface area contributed by atoms with Crippen molar-refractivity contribution in [1.82, 2.24) is 15.0 Å². The van der Waals surface area contributed by atoms with E-state index in [-0.39, 0.29) is 35.9 Å². The molecule has 0 bridgehead atoms. The zero-order chi connectivity index (χ0) is 33.8. The van der Waals surface area contributed by atoms with Crippen LogP contribution in [0.1, 0.15) is 98.9 Å².